The molecule has 0 saturated heterocycles. The van der Waals surface area contributed by atoms with E-state index in [2.05, 4.69) is 13.2 Å². The fourth-order valence-electron chi connectivity index (χ4n) is 3.47. The van der Waals surface area contributed by atoms with Crippen molar-refractivity contribution in [3.63, 3.8) is 0 Å². The first-order chi connectivity index (χ1) is 13.1. The molecule has 0 unspecified atom stereocenters. The molecule has 6 nitrogen and oxygen atoms in total. The van der Waals surface area contributed by atoms with Gasteiger partial charge in [-0.05, 0) is 48.9 Å². The quantitative estimate of drug-likeness (QED) is 0.272. The average Bonchev–Trinajstić information content (AvgIpc) is 2.68. The van der Waals surface area contributed by atoms with Gasteiger partial charge in [0.25, 0.3) is 0 Å². The molecule has 1 aromatic rings. The molecule has 6 heteroatoms. The molecule has 27 heavy (non-hydrogen) atoms. The van der Waals surface area contributed by atoms with Crippen molar-refractivity contribution in [3.8, 4) is 0 Å². The monoisotopic (exact) mass is 374 g/mol. The number of hydrogen-bond donors (Lipinski definition) is 0. The highest BCUT2D eigenvalue weighted by atomic mass is 16.7. The molecule has 0 heterocycles. The first-order valence-corrected chi connectivity index (χ1v) is 9.02. The minimum Gasteiger partial charge on any atom is -0.466 e. The second kappa shape index (κ2) is 10.4. The minimum absolute atomic E-state index is 0.200. The Balaban J connectivity index is 2.33. The topological polar surface area (TPSA) is 71.1 Å². The normalized spacial score (nSPS) is 14.1. The predicted molar refractivity (Wildman–Crippen MR) is 100 cm³/mol. The van der Waals surface area contributed by atoms with Crippen LogP contribution in [0.25, 0.3) is 0 Å². The number of hydrogen-bond acceptors (Lipinski definition) is 6. The number of esters is 2. The molecular formula is C21H26O6. The van der Waals surface area contributed by atoms with Crippen molar-refractivity contribution in [1.82, 2.24) is 0 Å². The van der Waals surface area contributed by atoms with Crippen LogP contribution in [0.2, 0.25) is 0 Å². The summed E-state index contributed by atoms with van der Waals surface area (Å²) in [6, 6.07) is 3.21. The van der Waals surface area contributed by atoms with Gasteiger partial charge in [-0.1, -0.05) is 32.4 Å². The molecule has 0 radical (unpaired) electrons. The van der Waals surface area contributed by atoms with Gasteiger partial charge in [-0.15, -0.1) is 0 Å². The average molecular weight is 374 g/mol. The largest absolute Gasteiger partial charge is 0.466 e. The van der Waals surface area contributed by atoms with E-state index in [1.807, 2.05) is 6.92 Å². The first-order valence-electron chi connectivity index (χ1n) is 9.02. The van der Waals surface area contributed by atoms with E-state index in [0.29, 0.717) is 11.1 Å². The summed E-state index contributed by atoms with van der Waals surface area (Å²) in [5.74, 6) is -0.768. The molecule has 0 atom stereocenters. The van der Waals surface area contributed by atoms with E-state index >= 15 is 0 Å². The molecule has 146 valence electrons. The lowest BCUT2D eigenvalue weighted by atomic mass is 9.79. The van der Waals surface area contributed by atoms with Crippen molar-refractivity contribution < 1.29 is 28.5 Å². The third-order valence-corrected chi connectivity index (χ3v) is 4.72. The van der Waals surface area contributed by atoms with Crippen LogP contribution in [-0.2, 0) is 18.9 Å². The van der Waals surface area contributed by atoms with Crippen LogP contribution >= 0.6 is 0 Å². The van der Waals surface area contributed by atoms with E-state index in [1.54, 1.807) is 12.1 Å². The summed E-state index contributed by atoms with van der Waals surface area (Å²) in [6.07, 6.45) is 7.75. The standard InChI is InChI=1S/C21H26O6/c1-4-24-13-26-20(22)17-11-12-18(21(23)27-14-25-5-2)19(15(17)3)16-9-7-6-8-10-16/h4-5,11-12,16H,1-2,6-10,13-14H2,3H3. The minimum atomic E-state index is -0.499. The highest BCUT2D eigenvalue weighted by molar-refractivity contribution is 5.96. The van der Waals surface area contributed by atoms with E-state index in [9.17, 15) is 9.59 Å². The fraction of sp³-hybridized carbons (Fsp3) is 0.429. The Labute approximate surface area is 159 Å². The second-order valence-electron chi connectivity index (χ2n) is 6.30. The molecule has 1 aliphatic rings. The Morgan fingerprint density at radius 1 is 0.963 bits per heavy atom. The van der Waals surface area contributed by atoms with Gasteiger partial charge in [-0.3, -0.25) is 0 Å². The molecular weight excluding hydrogens is 348 g/mol. The molecule has 1 aromatic carbocycles. The molecule has 0 aliphatic heterocycles. The molecule has 2 rings (SSSR count). The van der Waals surface area contributed by atoms with Crippen LogP contribution in [0.3, 0.4) is 0 Å². The van der Waals surface area contributed by atoms with E-state index in [1.165, 1.54) is 18.9 Å². The molecule has 1 saturated carbocycles. The lowest BCUT2D eigenvalue weighted by Gasteiger charge is -2.26. The molecule has 1 fully saturated rings. The van der Waals surface area contributed by atoms with Gasteiger partial charge in [0.05, 0.1) is 23.7 Å². The zero-order valence-electron chi connectivity index (χ0n) is 15.7. The highest BCUT2D eigenvalue weighted by Crippen LogP contribution is 2.37. The smallest absolute Gasteiger partial charge is 0.341 e. The second-order valence-corrected chi connectivity index (χ2v) is 6.30. The maximum Gasteiger partial charge on any atom is 0.341 e. The molecule has 0 spiro atoms. The summed E-state index contributed by atoms with van der Waals surface area (Å²) >= 11 is 0. The van der Waals surface area contributed by atoms with Gasteiger partial charge in [0.15, 0.2) is 0 Å². The molecule has 0 bridgehead atoms. The SMILES string of the molecule is C=COCOC(=O)c1ccc(C(=O)OCOC=C)c(C2CCCCC2)c1C. The number of benzene rings is 1. The van der Waals surface area contributed by atoms with Crippen LogP contribution in [0.4, 0.5) is 0 Å². The number of rotatable bonds is 9. The Kier molecular flexibility index (Phi) is 7.92. The third kappa shape index (κ3) is 5.36. The van der Waals surface area contributed by atoms with E-state index < -0.39 is 11.9 Å². The summed E-state index contributed by atoms with van der Waals surface area (Å²) in [4.78, 5) is 24.9. The van der Waals surface area contributed by atoms with Crippen LogP contribution in [0.1, 0.15) is 69.9 Å². The van der Waals surface area contributed by atoms with Gasteiger partial charge < -0.3 is 18.9 Å². The van der Waals surface area contributed by atoms with Gasteiger partial charge in [-0.2, -0.15) is 0 Å². The number of carbonyl (C=O) groups excluding carboxylic acids is 2. The zero-order chi connectivity index (χ0) is 19.6. The Bertz CT molecular complexity index is 688. The fourth-order valence-corrected chi connectivity index (χ4v) is 3.47. The van der Waals surface area contributed by atoms with E-state index in [0.717, 1.165) is 36.8 Å². The summed E-state index contributed by atoms with van der Waals surface area (Å²) in [6.45, 7) is 8.25. The van der Waals surface area contributed by atoms with Crippen molar-refractivity contribution >= 4 is 11.9 Å². The zero-order valence-corrected chi connectivity index (χ0v) is 15.7. The lowest BCUT2D eigenvalue weighted by Crippen LogP contribution is -2.18. The van der Waals surface area contributed by atoms with Gasteiger partial charge >= 0.3 is 11.9 Å². The van der Waals surface area contributed by atoms with Crippen molar-refractivity contribution in [1.29, 1.82) is 0 Å². The van der Waals surface area contributed by atoms with Crippen LogP contribution in [0.5, 0.6) is 0 Å². The molecule has 0 aromatic heterocycles. The van der Waals surface area contributed by atoms with Crippen molar-refractivity contribution in [2.75, 3.05) is 13.6 Å². The van der Waals surface area contributed by atoms with Gasteiger partial charge in [0.2, 0.25) is 13.6 Å². The van der Waals surface area contributed by atoms with Gasteiger partial charge in [-0.25, -0.2) is 9.59 Å². The van der Waals surface area contributed by atoms with Crippen LogP contribution in [-0.4, -0.2) is 25.5 Å². The summed E-state index contributed by atoms with van der Waals surface area (Å²) in [5, 5.41) is 0. The van der Waals surface area contributed by atoms with Crippen molar-refractivity contribution in [2.24, 2.45) is 0 Å². The Hall–Kier alpha value is -2.76. The number of carbonyl (C=O) groups is 2. The van der Waals surface area contributed by atoms with Crippen LogP contribution in [0, 0.1) is 6.92 Å². The summed E-state index contributed by atoms with van der Waals surface area (Å²) in [7, 11) is 0. The van der Waals surface area contributed by atoms with Gasteiger partial charge in [0, 0.05) is 0 Å². The summed E-state index contributed by atoms with van der Waals surface area (Å²) < 4.78 is 20.0. The Morgan fingerprint density at radius 2 is 1.48 bits per heavy atom. The maximum absolute atomic E-state index is 12.5. The predicted octanol–water partition coefficient (Wildman–Crippen LogP) is 4.59. The maximum atomic E-state index is 12.5. The molecule has 1 aliphatic carbocycles. The number of ether oxygens (including phenoxy) is 4. The third-order valence-electron chi connectivity index (χ3n) is 4.72. The highest BCUT2D eigenvalue weighted by Gasteiger charge is 2.27. The first kappa shape index (κ1) is 20.6. The summed E-state index contributed by atoms with van der Waals surface area (Å²) in [5.41, 5.74) is 2.48. The molecule has 0 N–H and O–H groups in total. The van der Waals surface area contributed by atoms with E-state index in [4.69, 9.17) is 18.9 Å². The van der Waals surface area contributed by atoms with E-state index in [-0.39, 0.29) is 19.5 Å². The lowest BCUT2D eigenvalue weighted by molar-refractivity contribution is -0.000686. The van der Waals surface area contributed by atoms with Gasteiger partial charge in [0.1, 0.15) is 0 Å². The van der Waals surface area contributed by atoms with Crippen LogP contribution < -0.4 is 0 Å². The van der Waals surface area contributed by atoms with Crippen molar-refractivity contribution in [2.45, 2.75) is 44.9 Å². The molecule has 0 amide bonds. The van der Waals surface area contributed by atoms with Crippen molar-refractivity contribution in [3.05, 3.63) is 60.1 Å². The Morgan fingerprint density at radius 3 is 2.04 bits per heavy atom. The van der Waals surface area contributed by atoms with Crippen LogP contribution in [0.15, 0.2) is 37.8 Å².